The molecule has 6 nitrogen and oxygen atoms in total. The van der Waals surface area contributed by atoms with Crippen molar-refractivity contribution in [2.75, 3.05) is 0 Å². The van der Waals surface area contributed by atoms with Gasteiger partial charge in [-0.2, -0.15) is 12.2 Å². The summed E-state index contributed by atoms with van der Waals surface area (Å²) >= 11 is 4.90. The van der Waals surface area contributed by atoms with E-state index in [1.165, 1.54) is 12.1 Å². The first kappa shape index (κ1) is 12.6. The fourth-order valence-corrected chi connectivity index (χ4v) is 2.59. The number of rotatable bonds is 2. The Labute approximate surface area is 107 Å². The Morgan fingerprint density at radius 3 is 2.44 bits per heavy atom. The summed E-state index contributed by atoms with van der Waals surface area (Å²) in [5, 5.41) is 20.7. The topological polar surface area (TPSA) is 94.6 Å². The van der Waals surface area contributed by atoms with Crippen LogP contribution >= 0.6 is 11.9 Å². The predicted octanol–water partition coefficient (Wildman–Crippen LogP) is 2.26. The lowest BCUT2D eigenvalue weighted by atomic mass is 10.1. The average Bonchev–Trinajstić information content (AvgIpc) is 2.39. The Balaban J connectivity index is 3.00. The highest BCUT2D eigenvalue weighted by atomic mass is 35.5. The van der Waals surface area contributed by atoms with E-state index in [0.29, 0.717) is 0 Å². The molecule has 92 valence electrons. The first-order valence-corrected chi connectivity index (χ1v) is 6.36. The maximum Gasteiger partial charge on any atom is 0.379 e. The third-order valence-corrected chi connectivity index (χ3v) is 3.94. The minimum absolute atomic E-state index is 0.0973. The summed E-state index contributed by atoms with van der Waals surface area (Å²) in [5.74, 6) is -0.582. The fourth-order valence-electron chi connectivity index (χ4n) is 1.62. The zero-order valence-corrected chi connectivity index (χ0v) is 10.3. The van der Waals surface area contributed by atoms with Gasteiger partial charge in [0.15, 0.2) is 4.98 Å². The fraction of sp³-hybridized carbons (Fsp3) is 0. The standard InChI is InChI=1S/C10H5ClN2O4S/c11-17-18(15,16)9-5-8(13-12)10(14)7-4-2-1-3-6(7)9/h1-5H. The highest BCUT2D eigenvalue weighted by Crippen LogP contribution is 2.37. The number of halogens is 1. The van der Waals surface area contributed by atoms with Crippen LogP contribution in [0.15, 0.2) is 35.2 Å². The maximum atomic E-state index is 11.8. The zero-order chi connectivity index (χ0) is 13.3. The van der Waals surface area contributed by atoms with Gasteiger partial charge in [0.25, 0.3) is 0 Å². The van der Waals surface area contributed by atoms with E-state index in [1.54, 1.807) is 12.1 Å². The van der Waals surface area contributed by atoms with Crippen molar-refractivity contribution in [2.24, 2.45) is 0 Å². The summed E-state index contributed by atoms with van der Waals surface area (Å²) in [7, 11) is -4.22. The van der Waals surface area contributed by atoms with Crippen molar-refractivity contribution in [2.45, 2.75) is 4.90 Å². The first-order valence-electron chi connectivity index (χ1n) is 4.64. The van der Waals surface area contributed by atoms with Gasteiger partial charge in [0.2, 0.25) is 5.39 Å². The van der Waals surface area contributed by atoms with Crippen LogP contribution in [0.25, 0.3) is 15.7 Å². The molecule has 2 aromatic rings. The molecule has 0 amide bonds. The molecule has 0 radical (unpaired) electrons. The van der Waals surface area contributed by atoms with E-state index < -0.39 is 21.6 Å². The highest BCUT2D eigenvalue weighted by molar-refractivity contribution is 7.87. The second-order valence-electron chi connectivity index (χ2n) is 3.39. The first-order chi connectivity index (χ1) is 8.51. The molecule has 0 heterocycles. The van der Waals surface area contributed by atoms with Crippen LogP contribution < -0.4 is 5.11 Å². The van der Waals surface area contributed by atoms with Crippen molar-refractivity contribution < 1.29 is 17.3 Å². The Bertz CT molecular complexity index is 767. The van der Waals surface area contributed by atoms with Crippen LogP contribution in [0.4, 0.5) is 5.69 Å². The van der Waals surface area contributed by atoms with Gasteiger partial charge < -0.3 is 5.11 Å². The number of fused-ring (bicyclic) bond motifs is 1. The average molecular weight is 285 g/mol. The molecule has 0 fully saturated rings. The Morgan fingerprint density at radius 2 is 1.89 bits per heavy atom. The lowest BCUT2D eigenvalue weighted by Crippen LogP contribution is -2.02. The molecule has 18 heavy (non-hydrogen) atoms. The van der Waals surface area contributed by atoms with Crippen LogP contribution in [-0.4, -0.2) is 8.42 Å². The zero-order valence-electron chi connectivity index (χ0n) is 8.70. The number of benzene rings is 2. The molecule has 0 atom stereocenters. The van der Waals surface area contributed by atoms with Gasteiger partial charge in [-0.25, -0.2) is 0 Å². The number of nitrogens with zero attached hydrogens (tertiary/aromatic N) is 2. The number of diazo groups is 1. The van der Waals surface area contributed by atoms with Crippen LogP contribution in [0.5, 0.6) is 5.75 Å². The van der Waals surface area contributed by atoms with Gasteiger partial charge in [0.1, 0.15) is 4.90 Å². The molecular formula is C10H5ClN2O4S. The van der Waals surface area contributed by atoms with E-state index in [2.05, 4.69) is 8.71 Å². The molecule has 2 rings (SSSR count). The van der Waals surface area contributed by atoms with E-state index in [4.69, 9.17) is 17.3 Å². The van der Waals surface area contributed by atoms with Crippen molar-refractivity contribution in [1.29, 1.82) is 5.39 Å². The van der Waals surface area contributed by atoms with E-state index >= 15 is 0 Å². The van der Waals surface area contributed by atoms with Crippen molar-refractivity contribution >= 4 is 38.4 Å². The molecule has 0 N–H and O–H groups in total. The summed E-state index contributed by atoms with van der Waals surface area (Å²) in [4.78, 5) is 2.42. The Kier molecular flexibility index (Phi) is 3.09. The molecule has 0 spiro atoms. The van der Waals surface area contributed by atoms with E-state index in [1.807, 2.05) is 0 Å². The highest BCUT2D eigenvalue weighted by Gasteiger charge is 2.23. The molecule has 0 unspecified atom stereocenters. The second-order valence-corrected chi connectivity index (χ2v) is 5.24. The molecule has 0 aliphatic rings. The van der Waals surface area contributed by atoms with Crippen LogP contribution in [0.3, 0.4) is 0 Å². The van der Waals surface area contributed by atoms with Gasteiger partial charge in [-0.05, 0) is 11.1 Å². The predicted molar refractivity (Wildman–Crippen MR) is 62.3 cm³/mol. The normalized spacial score (nSPS) is 11.3. The maximum absolute atomic E-state index is 11.8. The number of hydrogen-bond donors (Lipinski definition) is 0. The molecular weight excluding hydrogens is 280 g/mol. The largest absolute Gasteiger partial charge is 0.867 e. The van der Waals surface area contributed by atoms with Crippen molar-refractivity contribution in [3.05, 3.63) is 35.3 Å². The van der Waals surface area contributed by atoms with E-state index in [-0.39, 0.29) is 15.7 Å². The van der Waals surface area contributed by atoms with Crippen molar-refractivity contribution in [3.63, 3.8) is 0 Å². The van der Waals surface area contributed by atoms with Gasteiger partial charge in [-0.15, -0.1) is 0 Å². The molecule has 0 saturated carbocycles. The van der Waals surface area contributed by atoms with Crippen LogP contribution in [0, 0.1) is 5.39 Å². The van der Waals surface area contributed by atoms with Crippen molar-refractivity contribution in [3.8, 4) is 5.75 Å². The second kappa shape index (κ2) is 4.42. The monoisotopic (exact) mass is 284 g/mol. The van der Waals surface area contributed by atoms with Crippen LogP contribution in [0.2, 0.25) is 0 Å². The van der Waals surface area contributed by atoms with Crippen molar-refractivity contribution in [1.82, 2.24) is 0 Å². The molecule has 0 saturated heterocycles. The van der Waals surface area contributed by atoms with Gasteiger partial charge >= 0.3 is 15.8 Å². The van der Waals surface area contributed by atoms with Gasteiger partial charge in [0, 0.05) is 5.39 Å². The lowest BCUT2D eigenvalue weighted by Gasteiger charge is -2.10. The summed E-state index contributed by atoms with van der Waals surface area (Å²) in [6.45, 7) is 0. The van der Waals surface area contributed by atoms with Crippen LogP contribution in [0.1, 0.15) is 0 Å². The molecule has 0 aliphatic heterocycles. The Hall–Kier alpha value is -1.88. The minimum atomic E-state index is -4.22. The summed E-state index contributed by atoms with van der Waals surface area (Å²) in [6, 6.07) is 6.87. The third-order valence-electron chi connectivity index (χ3n) is 2.40. The quantitative estimate of drug-likeness (QED) is 0.788. The summed E-state index contributed by atoms with van der Waals surface area (Å²) in [6.07, 6.45) is 0. The molecule has 2 aromatic carbocycles. The summed E-state index contributed by atoms with van der Waals surface area (Å²) < 4.78 is 27.1. The van der Waals surface area contributed by atoms with Crippen LogP contribution in [-0.2, 0) is 13.9 Å². The smallest absolute Gasteiger partial charge is 0.379 e. The molecule has 0 aromatic heterocycles. The molecule has 8 heteroatoms. The van der Waals surface area contributed by atoms with Gasteiger partial charge in [-0.3, -0.25) is 0 Å². The van der Waals surface area contributed by atoms with Gasteiger partial charge in [0.05, 0.1) is 17.9 Å². The lowest BCUT2D eigenvalue weighted by molar-refractivity contribution is -0.264. The number of hydrogen-bond acceptors (Lipinski definition) is 5. The SMILES string of the molecule is N#[N+]c1cc(S(=O)(=O)OCl)c2ccccc2c1[O-]. The molecule has 0 bridgehead atoms. The minimum Gasteiger partial charge on any atom is -0.867 e. The third kappa shape index (κ3) is 1.86. The Morgan fingerprint density at radius 1 is 1.28 bits per heavy atom. The summed E-state index contributed by atoms with van der Waals surface area (Å²) in [5.41, 5.74) is -0.402. The van der Waals surface area contributed by atoms with E-state index in [9.17, 15) is 13.5 Å². The molecule has 0 aliphatic carbocycles. The van der Waals surface area contributed by atoms with Gasteiger partial charge in [-0.1, -0.05) is 24.3 Å². The van der Waals surface area contributed by atoms with E-state index in [0.717, 1.165) is 6.07 Å².